The number of methoxy groups -OCH3 is 1. The monoisotopic (exact) mass is 338 g/mol. The van der Waals surface area contributed by atoms with Crippen molar-refractivity contribution in [2.75, 3.05) is 20.2 Å². The number of rotatable bonds is 4. The van der Waals surface area contributed by atoms with Gasteiger partial charge in [-0.05, 0) is 37.6 Å². The van der Waals surface area contributed by atoms with Crippen molar-refractivity contribution in [1.82, 2.24) is 9.47 Å². The molecule has 0 radical (unpaired) electrons. The molecule has 4 rings (SSSR count). The van der Waals surface area contributed by atoms with Crippen molar-refractivity contribution in [3.8, 4) is 5.75 Å². The summed E-state index contributed by atoms with van der Waals surface area (Å²) >= 11 is 0. The number of benzene rings is 2. The molecule has 1 aliphatic heterocycles. The highest BCUT2D eigenvalue weighted by Crippen LogP contribution is 2.27. The van der Waals surface area contributed by atoms with Gasteiger partial charge in [0.05, 0.1) is 18.7 Å². The first-order chi connectivity index (χ1) is 12.3. The van der Waals surface area contributed by atoms with Crippen LogP contribution in [0.4, 0.5) is 0 Å². The molecule has 2 heterocycles. The molecule has 1 aromatic heterocycles. The predicted molar refractivity (Wildman–Crippen MR) is 97.0 cm³/mol. The minimum Gasteiger partial charge on any atom is -0.496 e. The van der Waals surface area contributed by atoms with Gasteiger partial charge in [-0.3, -0.25) is 9.47 Å². The van der Waals surface area contributed by atoms with E-state index in [0.717, 1.165) is 43.7 Å². The van der Waals surface area contributed by atoms with Gasteiger partial charge >= 0.3 is 5.76 Å². The molecule has 0 unspecified atom stereocenters. The number of fused-ring (bicyclic) bond motifs is 1. The van der Waals surface area contributed by atoms with E-state index in [4.69, 9.17) is 9.15 Å². The van der Waals surface area contributed by atoms with Crippen molar-refractivity contribution in [2.45, 2.75) is 25.4 Å². The van der Waals surface area contributed by atoms with Crippen LogP contribution in [0.3, 0.4) is 0 Å². The van der Waals surface area contributed by atoms with Gasteiger partial charge in [0.15, 0.2) is 5.58 Å². The van der Waals surface area contributed by atoms with Crippen LogP contribution in [-0.2, 0) is 6.54 Å². The highest BCUT2D eigenvalue weighted by molar-refractivity contribution is 5.72. The van der Waals surface area contributed by atoms with E-state index < -0.39 is 0 Å². The molecule has 130 valence electrons. The molecular weight excluding hydrogens is 316 g/mol. The normalized spacial score (nSPS) is 18.5. The lowest BCUT2D eigenvalue weighted by Gasteiger charge is -2.33. The van der Waals surface area contributed by atoms with Gasteiger partial charge in [0.2, 0.25) is 0 Å². The minimum atomic E-state index is -0.259. The van der Waals surface area contributed by atoms with E-state index in [1.807, 2.05) is 47.0 Å². The topological polar surface area (TPSA) is 47.6 Å². The molecule has 25 heavy (non-hydrogen) atoms. The molecule has 0 aliphatic carbocycles. The first-order valence-electron chi connectivity index (χ1n) is 8.70. The Morgan fingerprint density at radius 2 is 1.96 bits per heavy atom. The number of aromatic nitrogens is 1. The number of hydrogen-bond donors (Lipinski definition) is 0. The van der Waals surface area contributed by atoms with E-state index in [0.29, 0.717) is 5.58 Å². The number of para-hydroxylation sites is 3. The Bertz CT molecular complexity index is 928. The molecule has 0 N–H and O–H groups in total. The fourth-order valence-corrected chi connectivity index (χ4v) is 3.79. The molecule has 0 amide bonds. The number of nitrogens with zero attached hydrogens (tertiary/aromatic N) is 2. The molecule has 0 bridgehead atoms. The molecule has 0 spiro atoms. The number of piperidine rings is 1. The van der Waals surface area contributed by atoms with Crippen LogP contribution in [0.25, 0.3) is 11.1 Å². The van der Waals surface area contributed by atoms with Gasteiger partial charge in [-0.25, -0.2) is 4.79 Å². The van der Waals surface area contributed by atoms with E-state index >= 15 is 0 Å². The third-order valence-electron chi connectivity index (χ3n) is 4.95. The molecule has 2 aromatic carbocycles. The van der Waals surface area contributed by atoms with Crippen molar-refractivity contribution >= 4 is 11.1 Å². The smallest absolute Gasteiger partial charge is 0.420 e. The Morgan fingerprint density at radius 1 is 1.16 bits per heavy atom. The summed E-state index contributed by atoms with van der Waals surface area (Å²) in [5, 5.41) is 0. The summed E-state index contributed by atoms with van der Waals surface area (Å²) in [4.78, 5) is 14.8. The highest BCUT2D eigenvalue weighted by atomic mass is 16.5. The van der Waals surface area contributed by atoms with Gasteiger partial charge in [0.1, 0.15) is 5.75 Å². The second-order valence-electron chi connectivity index (χ2n) is 6.55. The molecule has 5 nitrogen and oxygen atoms in total. The Balaban J connectivity index is 1.59. The molecule has 1 aliphatic rings. The molecule has 0 saturated carbocycles. The van der Waals surface area contributed by atoms with Gasteiger partial charge in [-0.15, -0.1) is 0 Å². The SMILES string of the molecule is COc1ccccc1CN1CCC[C@@H](n2c(=O)oc3ccccc32)C1. The summed E-state index contributed by atoms with van der Waals surface area (Å²) in [6, 6.07) is 15.9. The van der Waals surface area contributed by atoms with E-state index in [9.17, 15) is 4.79 Å². The highest BCUT2D eigenvalue weighted by Gasteiger charge is 2.25. The van der Waals surface area contributed by atoms with Crippen LogP contribution in [0.2, 0.25) is 0 Å². The van der Waals surface area contributed by atoms with Crippen molar-refractivity contribution in [3.63, 3.8) is 0 Å². The number of ether oxygens (including phenoxy) is 1. The first-order valence-corrected chi connectivity index (χ1v) is 8.70. The largest absolute Gasteiger partial charge is 0.496 e. The molecule has 1 fully saturated rings. The van der Waals surface area contributed by atoms with E-state index in [2.05, 4.69) is 11.0 Å². The lowest BCUT2D eigenvalue weighted by molar-refractivity contribution is 0.166. The zero-order valence-electron chi connectivity index (χ0n) is 14.4. The Labute approximate surface area is 146 Å². The zero-order chi connectivity index (χ0) is 17.2. The van der Waals surface area contributed by atoms with Gasteiger partial charge in [0.25, 0.3) is 0 Å². The third-order valence-corrected chi connectivity index (χ3v) is 4.95. The fraction of sp³-hybridized carbons (Fsp3) is 0.350. The first kappa shape index (κ1) is 16.0. The van der Waals surface area contributed by atoms with Gasteiger partial charge in [-0.1, -0.05) is 30.3 Å². The van der Waals surface area contributed by atoms with Crippen LogP contribution in [0.15, 0.2) is 57.7 Å². The number of hydrogen-bond acceptors (Lipinski definition) is 4. The van der Waals surface area contributed by atoms with Crippen LogP contribution in [0.1, 0.15) is 24.4 Å². The number of likely N-dealkylation sites (tertiary alicyclic amines) is 1. The van der Waals surface area contributed by atoms with E-state index in [1.165, 1.54) is 5.56 Å². The van der Waals surface area contributed by atoms with Crippen LogP contribution in [0.5, 0.6) is 5.75 Å². The molecular formula is C20H22N2O3. The zero-order valence-corrected chi connectivity index (χ0v) is 14.4. The average molecular weight is 338 g/mol. The third kappa shape index (κ3) is 3.07. The Hall–Kier alpha value is -2.53. The molecule has 1 atom stereocenters. The van der Waals surface area contributed by atoms with E-state index in [1.54, 1.807) is 7.11 Å². The lowest BCUT2D eigenvalue weighted by Crippen LogP contribution is -2.38. The minimum absolute atomic E-state index is 0.139. The van der Waals surface area contributed by atoms with Crippen LogP contribution < -0.4 is 10.5 Å². The summed E-state index contributed by atoms with van der Waals surface area (Å²) in [5.74, 6) is 0.654. The number of oxazole rings is 1. The standard InChI is InChI=1S/C20H22N2O3/c1-24-18-10-4-2-7-15(18)13-21-12-6-8-16(14-21)22-17-9-3-5-11-19(17)25-20(22)23/h2-5,7,9-11,16H,6,8,12-14H2,1H3/t16-/m1/s1. The maximum Gasteiger partial charge on any atom is 0.420 e. The van der Waals surface area contributed by atoms with Crippen molar-refractivity contribution in [3.05, 3.63) is 64.6 Å². The van der Waals surface area contributed by atoms with Crippen LogP contribution in [0, 0.1) is 0 Å². The van der Waals surface area contributed by atoms with Gasteiger partial charge < -0.3 is 9.15 Å². The Kier molecular flexibility index (Phi) is 4.32. The van der Waals surface area contributed by atoms with E-state index in [-0.39, 0.29) is 11.8 Å². The average Bonchev–Trinajstić information content (AvgIpc) is 2.98. The summed E-state index contributed by atoms with van der Waals surface area (Å²) in [7, 11) is 1.70. The lowest BCUT2D eigenvalue weighted by atomic mass is 10.0. The summed E-state index contributed by atoms with van der Waals surface area (Å²) in [6.45, 7) is 2.69. The predicted octanol–water partition coefficient (Wildman–Crippen LogP) is 3.44. The molecule has 1 saturated heterocycles. The summed E-state index contributed by atoms with van der Waals surface area (Å²) in [5.41, 5.74) is 2.72. The summed E-state index contributed by atoms with van der Waals surface area (Å²) in [6.07, 6.45) is 2.05. The quantitative estimate of drug-likeness (QED) is 0.731. The molecule has 5 heteroatoms. The second-order valence-corrected chi connectivity index (χ2v) is 6.55. The maximum atomic E-state index is 12.4. The maximum absolute atomic E-state index is 12.4. The van der Waals surface area contributed by atoms with Crippen molar-refractivity contribution < 1.29 is 9.15 Å². The van der Waals surface area contributed by atoms with Gasteiger partial charge in [-0.2, -0.15) is 0 Å². The summed E-state index contributed by atoms with van der Waals surface area (Å²) < 4.78 is 12.7. The van der Waals surface area contributed by atoms with Crippen LogP contribution in [-0.4, -0.2) is 29.7 Å². The van der Waals surface area contributed by atoms with Gasteiger partial charge in [0, 0.05) is 18.7 Å². The Morgan fingerprint density at radius 3 is 2.84 bits per heavy atom. The fourth-order valence-electron chi connectivity index (χ4n) is 3.79. The second kappa shape index (κ2) is 6.76. The van der Waals surface area contributed by atoms with Crippen molar-refractivity contribution in [1.29, 1.82) is 0 Å². The van der Waals surface area contributed by atoms with Crippen LogP contribution >= 0.6 is 0 Å². The molecule has 3 aromatic rings. The van der Waals surface area contributed by atoms with Crippen molar-refractivity contribution in [2.24, 2.45) is 0 Å².